The van der Waals surface area contributed by atoms with Gasteiger partial charge in [0.1, 0.15) is 0 Å². The van der Waals surface area contributed by atoms with Gasteiger partial charge in [0.05, 0.1) is 15.9 Å². The molecule has 0 bridgehead atoms. The summed E-state index contributed by atoms with van der Waals surface area (Å²) in [7, 11) is 1.56. The standard InChI is InChI=1S/C11H9ClF3N3O.C2H6/c1-5-3-4-6(12)7-8(5)18(2)17-9(7)16-10(19)11(13,14)15;1-2/h3-4H,1-2H3,(H,16,17,19);1-2H3. The van der Waals surface area contributed by atoms with Crippen LogP contribution in [0.1, 0.15) is 19.4 Å². The van der Waals surface area contributed by atoms with Gasteiger partial charge in [0.15, 0.2) is 5.82 Å². The number of nitrogens with zero attached hydrogens (tertiary/aromatic N) is 2. The third-order valence-electron chi connectivity index (χ3n) is 2.63. The summed E-state index contributed by atoms with van der Waals surface area (Å²) in [6, 6.07) is 3.27. The van der Waals surface area contributed by atoms with Crippen LogP contribution in [0.2, 0.25) is 5.02 Å². The number of nitrogens with one attached hydrogen (secondary N) is 1. The fourth-order valence-corrected chi connectivity index (χ4v) is 2.07. The number of rotatable bonds is 1. The van der Waals surface area contributed by atoms with Crippen LogP contribution in [-0.4, -0.2) is 21.9 Å². The van der Waals surface area contributed by atoms with E-state index in [0.717, 1.165) is 5.56 Å². The molecule has 0 unspecified atom stereocenters. The van der Waals surface area contributed by atoms with Crippen LogP contribution in [0.25, 0.3) is 10.9 Å². The molecule has 4 nitrogen and oxygen atoms in total. The van der Waals surface area contributed by atoms with Gasteiger partial charge < -0.3 is 5.32 Å². The molecule has 1 N–H and O–H groups in total. The maximum absolute atomic E-state index is 12.2. The van der Waals surface area contributed by atoms with Crippen molar-refractivity contribution < 1.29 is 18.0 Å². The van der Waals surface area contributed by atoms with Crippen molar-refractivity contribution in [2.24, 2.45) is 7.05 Å². The molecule has 0 saturated heterocycles. The lowest BCUT2D eigenvalue weighted by Gasteiger charge is -2.06. The zero-order chi connectivity index (χ0) is 16.4. The second-order valence-corrected chi connectivity index (χ2v) is 4.42. The minimum absolute atomic E-state index is 0.200. The Hall–Kier alpha value is -1.76. The molecule has 116 valence electrons. The zero-order valence-electron chi connectivity index (χ0n) is 12.0. The minimum atomic E-state index is -4.97. The average molecular weight is 322 g/mol. The lowest BCUT2D eigenvalue weighted by Crippen LogP contribution is -2.30. The van der Waals surface area contributed by atoms with Crippen LogP contribution in [0.15, 0.2) is 12.1 Å². The van der Waals surface area contributed by atoms with Gasteiger partial charge in [-0.25, -0.2) is 0 Å². The SMILES string of the molecule is CC.Cc1ccc(Cl)c2c(NC(=O)C(F)(F)F)nn(C)c12. The van der Waals surface area contributed by atoms with Crippen molar-refractivity contribution in [1.82, 2.24) is 9.78 Å². The normalized spacial score (nSPS) is 11.0. The van der Waals surface area contributed by atoms with Crippen LogP contribution in [0, 0.1) is 6.92 Å². The molecule has 21 heavy (non-hydrogen) atoms. The first-order chi connectivity index (χ1) is 9.71. The number of fused-ring (bicyclic) bond motifs is 1. The molecule has 8 heteroatoms. The van der Waals surface area contributed by atoms with Crippen molar-refractivity contribution in [2.45, 2.75) is 26.9 Å². The fraction of sp³-hybridized carbons (Fsp3) is 0.385. The maximum atomic E-state index is 12.2. The van der Waals surface area contributed by atoms with E-state index in [4.69, 9.17) is 11.6 Å². The lowest BCUT2D eigenvalue weighted by molar-refractivity contribution is -0.167. The topological polar surface area (TPSA) is 46.9 Å². The third-order valence-corrected chi connectivity index (χ3v) is 2.94. The predicted molar refractivity (Wildman–Crippen MR) is 76.5 cm³/mol. The molecule has 2 aromatic rings. The molecule has 0 aliphatic rings. The van der Waals surface area contributed by atoms with E-state index in [0.29, 0.717) is 10.9 Å². The molecular weight excluding hydrogens is 307 g/mol. The van der Waals surface area contributed by atoms with Gasteiger partial charge >= 0.3 is 12.1 Å². The number of amides is 1. The number of hydrogen-bond donors (Lipinski definition) is 1. The molecule has 2 rings (SSSR count). The highest BCUT2D eigenvalue weighted by atomic mass is 35.5. The molecule has 0 radical (unpaired) electrons. The van der Waals surface area contributed by atoms with Gasteiger partial charge in [-0.2, -0.15) is 18.3 Å². The Labute approximate surface area is 124 Å². The van der Waals surface area contributed by atoms with Gasteiger partial charge in [-0.05, 0) is 18.6 Å². The quantitative estimate of drug-likeness (QED) is 0.861. The number of carbonyl (C=O) groups excluding carboxylic acids is 1. The molecule has 1 amide bonds. The van der Waals surface area contributed by atoms with Crippen molar-refractivity contribution in [1.29, 1.82) is 0 Å². The highest BCUT2D eigenvalue weighted by molar-refractivity contribution is 6.36. The molecule has 1 heterocycles. The van der Waals surface area contributed by atoms with Crippen LogP contribution in [0.3, 0.4) is 0 Å². The molecule has 0 atom stereocenters. The first-order valence-electron chi connectivity index (χ1n) is 6.22. The van der Waals surface area contributed by atoms with Gasteiger partial charge in [0.2, 0.25) is 0 Å². The molecule has 0 aliphatic carbocycles. The molecule has 0 saturated carbocycles. The van der Waals surface area contributed by atoms with Crippen LogP contribution >= 0.6 is 11.6 Å². The van der Waals surface area contributed by atoms with E-state index in [9.17, 15) is 18.0 Å². The summed E-state index contributed by atoms with van der Waals surface area (Å²) in [5.41, 5.74) is 1.37. The molecule has 0 aliphatic heterocycles. The Bertz CT molecular complexity index is 665. The summed E-state index contributed by atoms with van der Waals surface area (Å²) in [6.07, 6.45) is -4.97. The van der Waals surface area contributed by atoms with E-state index in [-0.39, 0.29) is 10.8 Å². The lowest BCUT2D eigenvalue weighted by atomic mass is 10.1. The van der Waals surface area contributed by atoms with Crippen molar-refractivity contribution in [2.75, 3.05) is 5.32 Å². The number of anilines is 1. The van der Waals surface area contributed by atoms with Crippen LogP contribution in [0.5, 0.6) is 0 Å². The second kappa shape index (κ2) is 6.34. The Kier molecular flexibility index (Phi) is 5.22. The highest BCUT2D eigenvalue weighted by Gasteiger charge is 2.39. The Balaban J connectivity index is 0.00000106. The van der Waals surface area contributed by atoms with Crippen LogP contribution in [0.4, 0.5) is 19.0 Å². The number of halogens is 4. The summed E-state index contributed by atoms with van der Waals surface area (Å²) in [4.78, 5) is 11.0. The monoisotopic (exact) mass is 321 g/mol. The first kappa shape index (κ1) is 17.3. The molecule has 0 fully saturated rings. The van der Waals surface area contributed by atoms with Gasteiger partial charge in [-0.15, -0.1) is 0 Å². The van der Waals surface area contributed by atoms with Gasteiger partial charge in [-0.3, -0.25) is 9.48 Å². The summed E-state index contributed by atoms with van der Waals surface area (Å²) < 4.78 is 38.1. The number of aryl methyl sites for hydroxylation is 2. The average Bonchev–Trinajstić information content (AvgIpc) is 2.73. The van der Waals surface area contributed by atoms with Crippen LogP contribution in [-0.2, 0) is 11.8 Å². The highest BCUT2D eigenvalue weighted by Crippen LogP contribution is 2.32. The van der Waals surface area contributed by atoms with E-state index in [1.807, 2.05) is 13.8 Å². The molecule has 1 aromatic carbocycles. The van der Waals surface area contributed by atoms with Gasteiger partial charge in [0.25, 0.3) is 0 Å². The smallest absolute Gasteiger partial charge is 0.301 e. The van der Waals surface area contributed by atoms with E-state index in [2.05, 4.69) is 5.10 Å². The van der Waals surface area contributed by atoms with E-state index < -0.39 is 12.1 Å². The van der Waals surface area contributed by atoms with Crippen molar-refractivity contribution in [3.05, 3.63) is 22.7 Å². The third kappa shape index (κ3) is 3.47. The Morgan fingerprint density at radius 2 is 1.90 bits per heavy atom. The van der Waals surface area contributed by atoms with E-state index >= 15 is 0 Å². The fourth-order valence-electron chi connectivity index (χ4n) is 1.83. The van der Waals surface area contributed by atoms with Gasteiger partial charge in [0, 0.05) is 7.05 Å². The molecule has 1 aromatic heterocycles. The molecule has 0 spiro atoms. The molecular formula is C13H15ClF3N3O. The summed E-state index contributed by atoms with van der Waals surface area (Å²) >= 11 is 5.96. The van der Waals surface area contributed by atoms with Crippen molar-refractivity contribution in [3.8, 4) is 0 Å². The maximum Gasteiger partial charge on any atom is 0.471 e. The van der Waals surface area contributed by atoms with Gasteiger partial charge in [-0.1, -0.05) is 31.5 Å². The summed E-state index contributed by atoms with van der Waals surface area (Å²) in [6.45, 7) is 5.77. The number of hydrogen-bond acceptors (Lipinski definition) is 2. The van der Waals surface area contributed by atoms with Crippen LogP contribution < -0.4 is 5.32 Å². The minimum Gasteiger partial charge on any atom is -0.301 e. The van der Waals surface area contributed by atoms with E-state index in [1.54, 1.807) is 31.4 Å². The largest absolute Gasteiger partial charge is 0.471 e. The first-order valence-corrected chi connectivity index (χ1v) is 6.59. The van der Waals surface area contributed by atoms with Crippen molar-refractivity contribution >= 4 is 34.2 Å². The van der Waals surface area contributed by atoms with Crippen molar-refractivity contribution in [3.63, 3.8) is 0 Å². The predicted octanol–water partition coefficient (Wildman–Crippen LogP) is 4.06. The number of aromatic nitrogens is 2. The second-order valence-electron chi connectivity index (χ2n) is 4.01. The number of alkyl halides is 3. The summed E-state index contributed by atoms with van der Waals surface area (Å²) in [5.74, 6) is -2.28. The summed E-state index contributed by atoms with van der Waals surface area (Å²) in [5, 5.41) is 6.12. The Morgan fingerprint density at radius 1 is 1.33 bits per heavy atom. The number of benzene rings is 1. The van der Waals surface area contributed by atoms with E-state index in [1.165, 1.54) is 4.68 Å². The Morgan fingerprint density at radius 3 is 2.43 bits per heavy atom. The number of carbonyl (C=O) groups is 1. The zero-order valence-corrected chi connectivity index (χ0v) is 12.7.